The zero-order chi connectivity index (χ0) is 13.0. The predicted octanol–water partition coefficient (Wildman–Crippen LogP) is 0.884. The van der Waals surface area contributed by atoms with Gasteiger partial charge >= 0.3 is 5.97 Å². The molecule has 3 N–H and O–H groups in total. The maximum atomic E-state index is 12.7. The largest absolute Gasteiger partial charge is 0.481 e. The lowest BCUT2D eigenvalue weighted by Gasteiger charge is -2.14. The molecule has 0 aromatic heterocycles. The second-order valence-corrected chi connectivity index (χ2v) is 4.39. The summed E-state index contributed by atoms with van der Waals surface area (Å²) in [7, 11) is 0. The number of carboxylic acids is 1. The number of hydrogen-bond donors (Lipinski definition) is 3. The summed E-state index contributed by atoms with van der Waals surface area (Å²) >= 11 is 0. The molecule has 1 heterocycles. The molecule has 1 fully saturated rings. The van der Waals surface area contributed by atoms with E-state index in [-0.39, 0.29) is 18.3 Å². The molecule has 1 unspecified atom stereocenters. The van der Waals surface area contributed by atoms with Crippen molar-refractivity contribution in [1.82, 2.24) is 16.0 Å². The van der Waals surface area contributed by atoms with Gasteiger partial charge in [-0.05, 0) is 24.1 Å². The first-order valence-electron chi connectivity index (χ1n) is 5.86. The molecule has 1 aromatic rings. The second-order valence-electron chi connectivity index (χ2n) is 4.39. The fraction of sp³-hybridized carbons (Fsp3) is 0.417. The van der Waals surface area contributed by atoms with Crippen LogP contribution in [0.25, 0.3) is 0 Å². The molecule has 0 amide bonds. The fourth-order valence-electron chi connectivity index (χ4n) is 1.92. The summed E-state index contributed by atoms with van der Waals surface area (Å²) in [5, 5.41) is 10.5. The van der Waals surface area contributed by atoms with Gasteiger partial charge < -0.3 is 5.11 Å². The zero-order valence-electron chi connectivity index (χ0n) is 9.90. The fourth-order valence-corrected chi connectivity index (χ4v) is 1.92. The molecule has 0 spiro atoms. The normalized spacial score (nSPS) is 20.2. The molecule has 0 aliphatic carbocycles. The Morgan fingerprint density at radius 1 is 1.44 bits per heavy atom. The Balaban J connectivity index is 1.78. The van der Waals surface area contributed by atoms with Crippen molar-refractivity contribution in [3.8, 4) is 0 Å². The Hall–Kier alpha value is -1.50. The molecule has 6 heteroatoms. The molecule has 1 atom stereocenters. The van der Waals surface area contributed by atoms with Crippen molar-refractivity contribution in [3.05, 3.63) is 35.6 Å². The van der Waals surface area contributed by atoms with E-state index >= 15 is 0 Å². The van der Waals surface area contributed by atoms with Gasteiger partial charge in [0, 0.05) is 25.6 Å². The Labute approximate surface area is 105 Å². The smallest absolute Gasteiger partial charge is 0.303 e. The van der Waals surface area contributed by atoms with Crippen LogP contribution < -0.4 is 11.0 Å². The number of rotatable bonds is 5. The lowest BCUT2D eigenvalue weighted by molar-refractivity contribution is -0.137. The van der Waals surface area contributed by atoms with Gasteiger partial charge in [-0.25, -0.2) is 14.8 Å². The highest BCUT2D eigenvalue weighted by molar-refractivity contribution is 5.66. The van der Waals surface area contributed by atoms with E-state index in [4.69, 9.17) is 5.11 Å². The van der Waals surface area contributed by atoms with Crippen LogP contribution in [0.4, 0.5) is 4.39 Å². The molecule has 5 nitrogen and oxygen atoms in total. The quantitative estimate of drug-likeness (QED) is 0.727. The zero-order valence-corrected chi connectivity index (χ0v) is 9.90. The van der Waals surface area contributed by atoms with Crippen LogP contribution in [0.1, 0.15) is 18.4 Å². The first-order chi connectivity index (χ1) is 8.63. The van der Waals surface area contributed by atoms with Crippen LogP contribution in [0.5, 0.6) is 0 Å². The molecule has 2 rings (SSSR count). The highest BCUT2D eigenvalue weighted by atomic mass is 19.1. The Morgan fingerprint density at radius 2 is 2.17 bits per heavy atom. The average Bonchev–Trinajstić information content (AvgIpc) is 2.77. The van der Waals surface area contributed by atoms with Crippen LogP contribution in [0.2, 0.25) is 0 Å². The van der Waals surface area contributed by atoms with E-state index < -0.39 is 5.97 Å². The number of hydrogen-bond acceptors (Lipinski definition) is 4. The van der Waals surface area contributed by atoms with E-state index in [0.29, 0.717) is 13.0 Å². The number of aliphatic carboxylic acids is 1. The molecule has 1 saturated heterocycles. The third-order valence-electron chi connectivity index (χ3n) is 2.86. The van der Waals surface area contributed by atoms with Crippen LogP contribution >= 0.6 is 0 Å². The van der Waals surface area contributed by atoms with Gasteiger partial charge in [0.05, 0.1) is 0 Å². The number of hydrazine groups is 2. The van der Waals surface area contributed by atoms with Gasteiger partial charge in [0.2, 0.25) is 0 Å². The summed E-state index contributed by atoms with van der Waals surface area (Å²) in [5.74, 6) is -1.03. The number of carbonyl (C=O) groups is 1. The van der Waals surface area contributed by atoms with Gasteiger partial charge in [0.25, 0.3) is 0 Å². The molecule has 0 saturated carbocycles. The highest BCUT2D eigenvalue weighted by Gasteiger charge is 2.21. The lowest BCUT2D eigenvalue weighted by Crippen LogP contribution is -2.36. The third-order valence-corrected chi connectivity index (χ3v) is 2.86. The van der Waals surface area contributed by atoms with Crippen molar-refractivity contribution in [3.63, 3.8) is 0 Å². The maximum absolute atomic E-state index is 12.7. The Bertz CT molecular complexity index is 410. The minimum atomic E-state index is -0.784. The number of carboxylic acid groups (broad SMARTS) is 1. The monoisotopic (exact) mass is 253 g/mol. The van der Waals surface area contributed by atoms with Gasteiger partial charge in [-0.3, -0.25) is 4.79 Å². The molecule has 1 aliphatic rings. The van der Waals surface area contributed by atoms with Crippen LogP contribution in [0.15, 0.2) is 24.3 Å². The summed E-state index contributed by atoms with van der Waals surface area (Å²) < 4.78 is 12.7. The minimum absolute atomic E-state index is 0.126. The SMILES string of the molecule is O=C(O)CCC1CN(Cc2ccc(F)cc2)NN1. The van der Waals surface area contributed by atoms with Crippen molar-refractivity contribution in [1.29, 1.82) is 0 Å². The number of benzene rings is 1. The number of nitrogens with zero attached hydrogens (tertiary/aromatic N) is 1. The van der Waals surface area contributed by atoms with Crippen molar-refractivity contribution >= 4 is 5.97 Å². The van der Waals surface area contributed by atoms with Crippen LogP contribution in [0.3, 0.4) is 0 Å². The van der Waals surface area contributed by atoms with Gasteiger partial charge in [0.1, 0.15) is 5.82 Å². The summed E-state index contributed by atoms with van der Waals surface area (Å²) in [5.41, 5.74) is 7.03. The standard InChI is InChI=1S/C12H16FN3O2/c13-10-3-1-9(2-4-10)7-16-8-11(14-15-16)5-6-12(17)18/h1-4,11,14-15H,5-8H2,(H,17,18). The molecule has 0 radical (unpaired) electrons. The Kier molecular flexibility index (Phi) is 4.24. The number of nitrogens with one attached hydrogen (secondary N) is 2. The maximum Gasteiger partial charge on any atom is 0.303 e. The Morgan fingerprint density at radius 3 is 2.83 bits per heavy atom. The van der Waals surface area contributed by atoms with Crippen LogP contribution in [-0.2, 0) is 11.3 Å². The van der Waals surface area contributed by atoms with E-state index in [2.05, 4.69) is 11.0 Å². The van der Waals surface area contributed by atoms with Crippen molar-refractivity contribution in [2.45, 2.75) is 25.4 Å². The molecule has 1 aliphatic heterocycles. The first-order valence-corrected chi connectivity index (χ1v) is 5.86. The van der Waals surface area contributed by atoms with Crippen molar-refractivity contribution in [2.75, 3.05) is 6.54 Å². The average molecular weight is 253 g/mol. The van der Waals surface area contributed by atoms with Gasteiger partial charge in [0.15, 0.2) is 0 Å². The van der Waals surface area contributed by atoms with Gasteiger partial charge in [-0.15, -0.1) is 0 Å². The second kappa shape index (κ2) is 5.90. The highest BCUT2D eigenvalue weighted by Crippen LogP contribution is 2.09. The van der Waals surface area contributed by atoms with E-state index in [1.807, 2.05) is 5.01 Å². The molecule has 1 aromatic carbocycles. The van der Waals surface area contributed by atoms with E-state index in [9.17, 15) is 9.18 Å². The van der Waals surface area contributed by atoms with E-state index in [1.54, 1.807) is 12.1 Å². The molecular weight excluding hydrogens is 237 g/mol. The van der Waals surface area contributed by atoms with E-state index in [1.165, 1.54) is 12.1 Å². The van der Waals surface area contributed by atoms with Crippen molar-refractivity contribution < 1.29 is 14.3 Å². The molecule has 0 bridgehead atoms. The number of halogens is 1. The lowest BCUT2D eigenvalue weighted by atomic mass is 10.1. The molecule has 18 heavy (non-hydrogen) atoms. The van der Waals surface area contributed by atoms with Crippen LogP contribution in [0, 0.1) is 5.82 Å². The van der Waals surface area contributed by atoms with Crippen LogP contribution in [-0.4, -0.2) is 28.7 Å². The summed E-state index contributed by atoms with van der Waals surface area (Å²) in [6.45, 7) is 1.38. The topological polar surface area (TPSA) is 64.6 Å². The summed E-state index contributed by atoms with van der Waals surface area (Å²) in [4.78, 5) is 10.5. The van der Waals surface area contributed by atoms with Crippen molar-refractivity contribution in [2.24, 2.45) is 0 Å². The van der Waals surface area contributed by atoms with E-state index in [0.717, 1.165) is 12.1 Å². The molecule has 98 valence electrons. The summed E-state index contributed by atoms with van der Waals surface area (Å²) in [6.07, 6.45) is 0.742. The minimum Gasteiger partial charge on any atom is -0.481 e. The summed E-state index contributed by atoms with van der Waals surface area (Å²) in [6, 6.07) is 6.46. The molecular formula is C12H16FN3O2. The first kappa shape index (κ1) is 12.9. The van der Waals surface area contributed by atoms with Gasteiger partial charge in [-0.1, -0.05) is 12.1 Å². The van der Waals surface area contributed by atoms with Gasteiger partial charge in [-0.2, -0.15) is 5.53 Å². The predicted molar refractivity (Wildman–Crippen MR) is 63.7 cm³/mol. The third kappa shape index (κ3) is 3.76.